The largest absolute Gasteiger partial charge is 0.126 e. The average Bonchev–Trinajstić information content (AvgIpc) is 2.28. The van der Waals surface area contributed by atoms with Crippen LogP contribution in [0.25, 0.3) is 0 Å². The highest BCUT2D eigenvalue weighted by Crippen LogP contribution is 2.23. The van der Waals surface area contributed by atoms with Gasteiger partial charge >= 0.3 is 0 Å². The Hall–Kier alpha value is -0.0100. The van der Waals surface area contributed by atoms with Crippen LogP contribution in [0.15, 0.2) is 28.7 Å². The van der Waals surface area contributed by atoms with Crippen LogP contribution in [-0.2, 0) is 6.42 Å². The monoisotopic (exact) mass is 302 g/mol. The van der Waals surface area contributed by atoms with Gasteiger partial charge in [0.05, 0.1) is 0 Å². The molecule has 0 heterocycles. The molecule has 0 saturated heterocycles. The minimum Gasteiger partial charge on any atom is -0.126 e. The number of alkyl halides is 1. The quantitative estimate of drug-likeness (QED) is 0.627. The van der Waals surface area contributed by atoms with Gasteiger partial charge in [-0.05, 0) is 36.0 Å². The van der Waals surface area contributed by atoms with E-state index < -0.39 is 0 Å². The van der Waals surface area contributed by atoms with Crippen LogP contribution in [0.2, 0.25) is 0 Å². The Bertz CT molecular complexity index is 294. The van der Waals surface area contributed by atoms with Crippen molar-refractivity contribution < 1.29 is 0 Å². The van der Waals surface area contributed by atoms with Gasteiger partial charge in [-0.1, -0.05) is 54.8 Å². The summed E-state index contributed by atoms with van der Waals surface area (Å²) in [6.07, 6.45) is 3.61. The van der Waals surface area contributed by atoms with Crippen LogP contribution in [0.1, 0.15) is 32.3 Å². The lowest BCUT2D eigenvalue weighted by atomic mass is 9.87. The predicted molar refractivity (Wildman–Crippen MR) is 76.1 cm³/mol. The van der Waals surface area contributed by atoms with Crippen molar-refractivity contribution in [1.29, 1.82) is 0 Å². The lowest BCUT2D eigenvalue weighted by molar-refractivity contribution is 0.363. The molecule has 0 fully saturated rings. The van der Waals surface area contributed by atoms with E-state index in [0.29, 0.717) is 11.8 Å². The molecule has 16 heavy (non-hydrogen) atoms. The summed E-state index contributed by atoms with van der Waals surface area (Å²) in [6, 6.07) is 8.57. The summed E-state index contributed by atoms with van der Waals surface area (Å²) in [5.41, 5.74) is 1.39. The molecule has 0 amide bonds. The van der Waals surface area contributed by atoms with Crippen molar-refractivity contribution >= 4 is 27.5 Å². The number of rotatable bonds is 6. The minimum absolute atomic E-state index is 0.600. The van der Waals surface area contributed by atoms with E-state index in [1.165, 1.54) is 18.4 Å². The van der Waals surface area contributed by atoms with Gasteiger partial charge < -0.3 is 0 Å². The smallest absolute Gasteiger partial charge is 0.0257 e. The molecule has 90 valence electrons. The molecule has 0 radical (unpaired) electrons. The lowest BCUT2D eigenvalue weighted by Crippen LogP contribution is -2.16. The van der Waals surface area contributed by atoms with E-state index in [4.69, 9.17) is 11.6 Å². The fraction of sp³-hybridized carbons (Fsp3) is 0.571. The molecule has 0 aromatic heterocycles. The van der Waals surface area contributed by atoms with Gasteiger partial charge in [-0.3, -0.25) is 0 Å². The highest BCUT2D eigenvalue weighted by molar-refractivity contribution is 9.10. The molecule has 0 nitrogen and oxygen atoms in total. The van der Waals surface area contributed by atoms with Gasteiger partial charge in [0.25, 0.3) is 0 Å². The first kappa shape index (κ1) is 14.1. The number of hydrogen-bond acceptors (Lipinski definition) is 0. The van der Waals surface area contributed by atoms with E-state index in [0.717, 1.165) is 16.8 Å². The summed E-state index contributed by atoms with van der Waals surface area (Å²) in [7, 11) is 0. The summed E-state index contributed by atoms with van der Waals surface area (Å²) < 4.78 is 1.14. The average molecular weight is 304 g/mol. The van der Waals surface area contributed by atoms with E-state index in [1.54, 1.807) is 0 Å². The molecule has 0 aliphatic carbocycles. The number of hydrogen-bond donors (Lipinski definition) is 0. The zero-order chi connectivity index (χ0) is 12.0. The molecule has 0 saturated carbocycles. The zero-order valence-electron chi connectivity index (χ0n) is 10.0. The van der Waals surface area contributed by atoms with Crippen molar-refractivity contribution in [2.24, 2.45) is 11.8 Å². The van der Waals surface area contributed by atoms with Crippen molar-refractivity contribution in [3.8, 4) is 0 Å². The third-order valence-corrected chi connectivity index (χ3v) is 4.08. The molecule has 2 atom stereocenters. The number of benzene rings is 1. The summed E-state index contributed by atoms with van der Waals surface area (Å²) in [5, 5.41) is 0. The van der Waals surface area contributed by atoms with Gasteiger partial charge in [0.1, 0.15) is 0 Å². The van der Waals surface area contributed by atoms with E-state index in [1.807, 2.05) is 0 Å². The van der Waals surface area contributed by atoms with Gasteiger partial charge in [-0.25, -0.2) is 0 Å². The van der Waals surface area contributed by atoms with E-state index in [2.05, 4.69) is 54.0 Å². The third-order valence-electron chi connectivity index (χ3n) is 3.16. The van der Waals surface area contributed by atoms with Crippen LogP contribution < -0.4 is 0 Å². The summed E-state index contributed by atoms with van der Waals surface area (Å²) in [4.78, 5) is 0. The van der Waals surface area contributed by atoms with Crippen LogP contribution in [0.3, 0.4) is 0 Å². The van der Waals surface area contributed by atoms with Crippen LogP contribution in [0.4, 0.5) is 0 Å². The Morgan fingerprint density at radius 1 is 1.25 bits per heavy atom. The molecular formula is C14H20BrCl. The van der Waals surface area contributed by atoms with Crippen molar-refractivity contribution in [3.63, 3.8) is 0 Å². The Morgan fingerprint density at radius 2 is 1.88 bits per heavy atom. The molecular weight excluding hydrogens is 284 g/mol. The van der Waals surface area contributed by atoms with Crippen molar-refractivity contribution in [3.05, 3.63) is 34.3 Å². The van der Waals surface area contributed by atoms with Crippen molar-refractivity contribution in [1.82, 2.24) is 0 Å². The Labute approximate surface area is 113 Å². The molecule has 0 bridgehead atoms. The summed E-state index contributed by atoms with van der Waals surface area (Å²) in [6.45, 7) is 4.55. The van der Waals surface area contributed by atoms with E-state index in [9.17, 15) is 0 Å². The normalized spacial score (nSPS) is 14.8. The van der Waals surface area contributed by atoms with E-state index >= 15 is 0 Å². The molecule has 1 aromatic carbocycles. The third kappa shape index (κ3) is 4.47. The molecule has 0 aliphatic heterocycles. The van der Waals surface area contributed by atoms with Gasteiger partial charge in [0, 0.05) is 10.4 Å². The standard InChI is InChI=1S/C14H20BrCl/c1-3-4-11(2)13(10-16)9-12-5-7-14(15)8-6-12/h5-8,11,13H,3-4,9-10H2,1-2H3. The molecule has 1 rings (SSSR count). The SMILES string of the molecule is CCCC(C)C(CCl)Cc1ccc(Br)cc1. The second kappa shape index (κ2) is 7.34. The molecule has 0 aliphatic rings. The van der Waals surface area contributed by atoms with E-state index in [-0.39, 0.29) is 0 Å². The predicted octanol–water partition coefficient (Wildman–Crippen LogP) is 5.28. The summed E-state index contributed by atoms with van der Waals surface area (Å²) in [5.74, 6) is 2.07. The highest BCUT2D eigenvalue weighted by Gasteiger charge is 2.15. The number of halogens is 2. The second-order valence-electron chi connectivity index (χ2n) is 4.51. The zero-order valence-corrected chi connectivity index (χ0v) is 12.4. The van der Waals surface area contributed by atoms with Crippen LogP contribution in [0, 0.1) is 11.8 Å². The first-order valence-corrected chi connectivity index (χ1v) is 7.30. The molecule has 2 heteroatoms. The van der Waals surface area contributed by atoms with Crippen LogP contribution in [0.5, 0.6) is 0 Å². The first-order valence-electron chi connectivity index (χ1n) is 5.97. The second-order valence-corrected chi connectivity index (χ2v) is 5.74. The van der Waals surface area contributed by atoms with Gasteiger partial charge in [-0.2, -0.15) is 0 Å². The molecule has 0 spiro atoms. The summed E-state index contributed by atoms with van der Waals surface area (Å²) >= 11 is 9.53. The molecule has 2 unspecified atom stereocenters. The first-order chi connectivity index (χ1) is 7.67. The van der Waals surface area contributed by atoms with Crippen molar-refractivity contribution in [2.75, 3.05) is 5.88 Å². The Morgan fingerprint density at radius 3 is 2.38 bits per heavy atom. The maximum atomic E-state index is 6.07. The lowest BCUT2D eigenvalue weighted by Gasteiger charge is -2.21. The van der Waals surface area contributed by atoms with Crippen LogP contribution >= 0.6 is 27.5 Å². The molecule has 1 aromatic rings. The van der Waals surface area contributed by atoms with Crippen LogP contribution in [-0.4, -0.2) is 5.88 Å². The van der Waals surface area contributed by atoms with Gasteiger partial charge in [-0.15, -0.1) is 11.6 Å². The topological polar surface area (TPSA) is 0 Å². The molecule has 0 N–H and O–H groups in total. The van der Waals surface area contributed by atoms with Gasteiger partial charge in [0.15, 0.2) is 0 Å². The fourth-order valence-electron chi connectivity index (χ4n) is 2.02. The Balaban J connectivity index is 2.59. The maximum Gasteiger partial charge on any atom is 0.0257 e. The maximum absolute atomic E-state index is 6.07. The Kier molecular flexibility index (Phi) is 6.45. The van der Waals surface area contributed by atoms with Gasteiger partial charge in [0.2, 0.25) is 0 Å². The highest BCUT2D eigenvalue weighted by atomic mass is 79.9. The van der Waals surface area contributed by atoms with Crippen molar-refractivity contribution in [2.45, 2.75) is 33.1 Å². The minimum atomic E-state index is 0.600. The fourth-order valence-corrected chi connectivity index (χ4v) is 2.70.